The first-order valence-electron chi connectivity index (χ1n) is 22.7. The normalized spacial score (nSPS) is 13.0. The Morgan fingerprint density at radius 2 is 0.848 bits per heavy atom. The fourth-order valence-corrected chi connectivity index (χ4v) is 11.5. The van der Waals surface area contributed by atoms with Crippen molar-refractivity contribution in [2.24, 2.45) is 0 Å². The van der Waals surface area contributed by atoms with E-state index in [1.807, 2.05) is 6.07 Å². The van der Waals surface area contributed by atoms with Crippen molar-refractivity contribution in [2.75, 3.05) is 0 Å². The van der Waals surface area contributed by atoms with Crippen LogP contribution in [0.1, 0.15) is 22.3 Å². The Morgan fingerprint density at radius 1 is 0.333 bits per heavy atom. The molecule has 0 aliphatic heterocycles. The fraction of sp³-hybridized carbons (Fsp3) is 0.0159. The molecule has 12 aromatic rings. The van der Waals surface area contributed by atoms with Crippen molar-refractivity contribution in [3.05, 3.63) is 259 Å². The fourth-order valence-electron chi connectivity index (χ4n) is 11.5. The van der Waals surface area contributed by atoms with Gasteiger partial charge in [0.1, 0.15) is 0 Å². The molecule has 2 aliphatic carbocycles. The molecule has 14 rings (SSSR count). The third-order valence-corrected chi connectivity index (χ3v) is 14.2. The van der Waals surface area contributed by atoms with Gasteiger partial charge < -0.3 is 4.57 Å². The van der Waals surface area contributed by atoms with E-state index in [9.17, 15) is 0 Å². The summed E-state index contributed by atoms with van der Waals surface area (Å²) in [4.78, 5) is 10.5. The van der Waals surface area contributed by atoms with Crippen LogP contribution in [-0.2, 0) is 5.41 Å². The second-order valence-corrected chi connectivity index (χ2v) is 17.6. The number of hydrogen-bond acceptors (Lipinski definition) is 2. The topological polar surface area (TPSA) is 30.7 Å². The van der Waals surface area contributed by atoms with E-state index in [1.54, 1.807) is 0 Å². The first-order chi connectivity index (χ1) is 32.7. The Kier molecular flexibility index (Phi) is 7.90. The minimum absolute atomic E-state index is 0.446. The van der Waals surface area contributed by atoms with Crippen molar-refractivity contribution in [1.29, 1.82) is 0 Å². The van der Waals surface area contributed by atoms with Gasteiger partial charge in [0, 0.05) is 33.2 Å². The van der Waals surface area contributed by atoms with E-state index in [2.05, 4.69) is 235 Å². The van der Waals surface area contributed by atoms with E-state index in [0.717, 1.165) is 33.8 Å². The molecule has 2 aliphatic rings. The van der Waals surface area contributed by atoms with E-state index >= 15 is 0 Å². The number of nitrogens with zero attached hydrogens (tertiary/aromatic N) is 3. The van der Waals surface area contributed by atoms with Gasteiger partial charge in [-0.1, -0.05) is 200 Å². The van der Waals surface area contributed by atoms with E-state index in [-0.39, 0.29) is 0 Å². The second kappa shape index (κ2) is 14.2. The Morgan fingerprint density at radius 3 is 1.53 bits per heavy atom. The number of hydrogen-bond donors (Lipinski definition) is 0. The number of rotatable bonds is 5. The summed E-state index contributed by atoms with van der Waals surface area (Å²) in [5.41, 5.74) is 20.8. The summed E-state index contributed by atoms with van der Waals surface area (Å²) in [7, 11) is 0. The Labute approximate surface area is 382 Å². The average molecular weight is 838 g/mol. The van der Waals surface area contributed by atoms with Crippen LogP contribution in [0.15, 0.2) is 237 Å². The molecule has 0 bridgehead atoms. The third kappa shape index (κ3) is 5.20. The summed E-state index contributed by atoms with van der Waals surface area (Å²) in [6.07, 6.45) is 0. The lowest BCUT2D eigenvalue weighted by atomic mass is 9.69. The van der Waals surface area contributed by atoms with Crippen molar-refractivity contribution in [3.63, 3.8) is 0 Å². The van der Waals surface area contributed by atoms with Gasteiger partial charge in [-0.3, -0.25) is 0 Å². The van der Waals surface area contributed by atoms with Gasteiger partial charge >= 0.3 is 0 Å². The van der Waals surface area contributed by atoms with Crippen LogP contribution < -0.4 is 0 Å². The highest BCUT2D eigenvalue weighted by Gasteiger charge is 2.53. The van der Waals surface area contributed by atoms with Gasteiger partial charge in [-0.05, 0) is 103 Å². The number of fused-ring (bicyclic) bond motifs is 15. The quantitative estimate of drug-likeness (QED) is 0.173. The first-order valence-corrected chi connectivity index (χ1v) is 22.7. The van der Waals surface area contributed by atoms with Crippen molar-refractivity contribution < 1.29 is 0 Å². The van der Waals surface area contributed by atoms with Crippen molar-refractivity contribution in [2.45, 2.75) is 5.41 Å². The molecule has 0 unspecified atom stereocenters. The summed E-state index contributed by atoms with van der Waals surface area (Å²) in [6, 6.07) is 86.2. The zero-order valence-corrected chi connectivity index (χ0v) is 35.9. The van der Waals surface area contributed by atoms with Crippen LogP contribution in [0.25, 0.3) is 106 Å². The minimum Gasteiger partial charge on any atom is -0.309 e. The molecule has 0 saturated carbocycles. The monoisotopic (exact) mass is 837 g/mol. The standard InChI is InChI=1S/C63H39N3/c1-2-17-42(18-3-1)62-64-56(39-57(65-62)44-20-16-21-45(37-44)66-58-31-14-9-25-49(58)50-26-10-15-32-59(50)66)41-35-33-40(34-36-41)52-38-43-19-4-5-22-46(43)61-60(52)51-27-8-13-30-55(51)63(61)53-28-11-6-23-47(53)48-24-7-12-29-54(48)63/h1-39H. The lowest BCUT2D eigenvalue weighted by Crippen LogP contribution is -2.26. The second-order valence-electron chi connectivity index (χ2n) is 17.6. The highest BCUT2D eigenvalue weighted by Crippen LogP contribution is 2.65. The van der Waals surface area contributed by atoms with Crippen LogP contribution in [0.5, 0.6) is 0 Å². The molecule has 0 amide bonds. The first kappa shape index (κ1) is 36.8. The van der Waals surface area contributed by atoms with Gasteiger partial charge in [-0.15, -0.1) is 0 Å². The Balaban J connectivity index is 0.938. The predicted molar refractivity (Wildman–Crippen MR) is 272 cm³/mol. The van der Waals surface area contributed by atoms with Gasteiger partial charge in [0.15, 0.2) is 5.82 Å². The SMILES string of the molecule is c1ccc(-c2nc(-c3ccc(-c4cc5ccccc5c5c4-c4ccccc4C54c5ccccc5-c5ccccc54)cc3)cc(-c3cccc(-n4c5ccccc5c5ccccc54)c3)n2)cc1. The maximum absolute atomic E-state index is 5.26. The molecule has 2 heterocycles. The van der Waals surface area contributed by atoms with Gasteiger partial charge in [-0.25, -0.2) is 9.97 Å². The van der Waals surface area contributed by atoms with Crippen LogP contribution in [0, 0.1) is 0 Å². The molecule has 0 radical (unpaired) electrons. The molecule has 66 heavy (non-hydrogen) atoms. The highest BCUT2D eigenvalue weighted by atomic mass is 15.0. The molecule has 1 spiro atoms. The molecule has 3 heteroatoms. The predicted octanol–water partition coefficient (Wildman–Crippen LogP) is 15.7. The summed E-state index contributed by atoms with van der Waals surface area (Å²) in [5, 5.41) is 5.01. The molecule has 306 valence electrons. The molecule has 10 aromatic carbocycles. The van der Waals surface area contributed by atoms with Crippen LogP contribution in [0.2, 0.25) is 0 Å². The lowest BCUT2D eigenvalue weighted by Gasteiger charge is -2.31. The molecule has 0 N–H and O–H groups in total. The summed E-state index contributed by atoms with van der Waals surface area (Å²) in [5.74, 6) is 0.695. The van der Waals surface area contributed by atoms with Crippen molar-refractivity contribution in [3.8, 4) is 73.0 Å². The van der Waals surface area contributed by atoms with Gasteiger partial charge in [0.05, 0.1) is 27.8 Å². The maximum Gasteiger partial charge on any atom is 0.160 e. The Bertz CT molecular complexity index is 3840. The van der Waals surface area contributed by atoms with Gasteiger partial charge in [0.25, 0.3) is 0 Å². The number of aromatic nitrogens is 3. The van der Waals surface area contributed by atoms with Crippen LogP contribution in [-0.4, -0.2) is 14.5 Å². The summed E-state index contributed by atoms with van der Waals surface area (Å²) < 4.78 is 2.36. The Hall–Kier alpha value is -8.66. The minimum atomic E-state index is -0.446. The molecule has 3 nitrogen and oxygen atoms in total. The summed E-state index contributed by atoms with van der Waals surface area (Å²) >= 11 is 0. The van der Waals surface area contributed by atoms with Crippen molar-refractivity contribution >= 4 is 32.6 Å². The molecule has 2 aromatic heterocycles. The molecular formula is C63H39N3. The van der Waals surface area contributed by atoms with Gasteiger partial charge in [0.2, 0.25) is 0 Å². The zero-order chi connectivity index (χ0) is 43.3. The maximum atomic E-state index is 5.26. The van der Waals surface area contributed by atoms with Crippen molar-refractivity contribution in [1.82, 2.24) is 14.5 Å². The van der Waals surface area contributed by atoms with E-state index in [0.29, 0.717) is 5.82 Å². The van der Waals surface area contributed by atoms with E-state index in [1.165, 1.54) is 88.2 Å². The molecule has 0 atom stereocenters. The summed E-state index contributed by atoms with van der Waals surface area (Å²) in [6.45, 7) is 0. The molecule has 0 fully saturated rings. The average Bonchev–Trinajstić information content (AvgIpc) is 4.01. The largest absolute Gasteiger partial charge is 0.309 e. The highest BCUT2D eigenvalue weighted by molar-refractivity contribution is 6.10. The lowest BCUT2D eigenvalue weighted by molar-refractivity contribution is 0.801. The van der Waals surface area contributed by atoms with Crippen LogP contribution in [0.4, 0.5) is 0 Å². The van der Waals surface area contributed by atoms with Crippen LogP contribution >= 0.6 is 0 Å². The number of para-hydroxylation sites is 2. The molecular weight excluding hydrogens is 799 g/mol. The van der Waals surface area contributed by atoms with Gasteiger partial charge in [-0.2, -0.15) is 0 Å². The zero-order valence-electron chi connectivity index (χ0n) is 35.9. The molecule has 0 saturated heterocycles. The smallest absolute Gasteiger partial charge is 0.160 e. The van der Waals surface area contributed by atoms with E-state index in [4.69, 9.17) is 9.97 Å². The third-order valence-electron chi connectivity index (χ3n) is 14.2. The van der Waals surface area contributed by atoms with Crippen LogP contribution in [0.3, 0.4) is 0 Å². The number of benzene rings is 10. The van der Waals surface area contributed by atoms with E-state index < -0.39 is 5.41 Å².